The first-order valence-corrected chi connectivity index (χ1v) is 8.46. The molecule has 1 amide bonds. The van der Waals surface area contributed by atoms with Crippen molar-refractivity contribution in [2.24, 2.45) is 0 Å². The molecule has 1 atom stereocenters. The van der Waals surface area contributed by atoms with E-state index in [1.807, 2.05) is 24.3 Å². The molecule has 0 aliphatic carbocycles. The highest BCUT2D eigenvalue weighted by atomic mass is 16.6. The van der Waals surface area contributed by atoms with Gasteiger partial charge in [-0.1, -0.05) is 49.7 Å². The molecule has 1 heterocycles. The second-order valence-corrected chi connectivity index (χ2v) is 5.95. The first-order valence-electron chi connectivity index (χ1n) is 8.46. The van der Waals surface area contributed by atoms with Crippen LogP contribution in [0.1, 0.15) is 18.9 Å². The Morgan fingerprint density at radius 1 is 1.04 bits per heavy atom. The van der Waals surface area contributed by atoms with Gasteiger partial charge >= 0.3 is 0 Å². The fraction of sp³-hybridized carbons (Fsp3) is 0.350. The smallest absolute Gasteiger partial charge is 0.255 e. The average Bonchev–Trinajstić information content (AvgIpc) is 2.64. The van der Waals surface area contributed by atoms with Crippen LogP contribution in [-0.2, 0) is 20.7 Å². The molecule has 1 fully saturated rings. The molecular weight excluding hydrogens is 302 g/mol. The van der Waals surface area contributed by atoms with Crippen LogP contribution in [0.4, 0.5) is 5.69 Å². The number of benzene rings is 2. The molecule has 0 aromatic heterocycles. The van der Waals surface area contributed by atoms with Gasteiger partial charge < -0.3 is 14.8 Å². The van der Waals surface area contributed by atoms with Gasteiger partial charge in [-0.25, -0.2) is 0 Å². The van der Waals surface area contributed by atoms with E-state index in [1.165, 1.54) is 11.1 Å². The first kappa shape index (κ1) is 16.7. The molecule has 1 aliphatic rings. The van der Waals surface area contributed by atoms with Crippen molar-refractivity contribution in [1.82, 2.24) is 0 Å². The van der Waals surface area contributed by atoms with E-state index in [1.54, 1.807) is 0 Å². The summed E-state index contributed by atoms with van der Waals surface area (Å²) in [5.74, 6) is -0.161. The molecule has 2 aromatic rings. The van der Waals surface area contributed by atoms with E-state index >= 15 is 0 Å². The highest BCUT2D eigenvalue weighted by Gasteiger charge is 2.22. The highest BCUT2D eigenvalue weighted by Crippen LogP contribution is 2.22. The lowest BCUT2D eigenvalue weighted by Gasteiger charge is -2.22. The zero-order valence-electron chi connectivity index (χ0n) is 14.0. The van der Waals surface area contributed by atoms with Crippen molar-refractivity contribution in [2.45, 2.75) is 25.9 Å². The average molecular weight is 325 g/mol. The Morgan fingerprint density at radius 2 is 1.71 bits per heavy atom. The van der Waals surface area contributed by atoms with Gasteiger partial charge in [-0.15, -0.1) is 0 Å². The molecule has 1 saturated heterocycles. The summed E-state index contributed by atoms with van der Waals surface area (Å²) in [6.07, 6.45) is 1.74. The number of hydrogen-bond acceptors (Lipinski definition) is 3. The van der Waals surface area contributed by atoms with Gasteiger partial charge in [0.25, 0.3) is 5.91 Å². The monoisotopic (exact) mass is 325 g/mol. The third kappa shape index (κ3) is 4.22. The number of hydrogen-bond donors (Lipinski definition) is 1. The maximum Gasteiger partial charge on any atom is 0.255 e. The number of amides is 1. The fourth-order valence-corrected chi connectivity index (χ4v) is 2.76. The van der Waals surface area contributed by atoms with Gasteiger partial charge in [-0.05, 0) is 35.2 Å². The van der Waals surface area contributed by atoms with Gasteiger partial charge in [-0.3, -0.25) is 4.79 Å². The van der Waals surface area contributed by atoms with Gasteiger partial charge in [0.2, 0.25) is 0 Å². The number of ether oxygens (including phenoxy) is 2. The summed E-state index contributed by atoms with van der Waals surface area (Å²) in [7, 11) is 0. The lowest BCUT2D eigenvalue weighted by atomic mass is 10.0. The lowest BCUT2D eigenvalue weighted by molar-refractivity contribution is -0.142. The Kier molecular flexibility index (Phi) is 5.62. The number of rotatable bonds is 5. The second-order valence-electron chi connectivity index (χ2n) is 5.95. The zero-order chi connectivity index (χ0) is 16.8. The minimum absolute atomic E-state index is 0.161. The highest BCUT2D eigenvalue weighted by molar-refractivity contribution is 5.94. The van der Waals surface area contributed by atoms with Crippen LogP contribution in [0.15, 0.2) is 48.5 Å². The molecule has 1 N–H and O–H groups in total. The molecule has 0 unspecified atom stereocenters. The number of carbonyl (C=O) groups excluding carboxylic acids is 1. The van der Waals surface area contributed by atoms with E-state index in [4.69, 9.17) is 9.47 Å². The van der Waals surface area contributed by atoms with E-state index in [0.29, 0.717) is 19.8 Å². The van der Waals surface area contributed by atoms with Crippen LogP contribution in [0.5, 0.6) is 0 Å². The third-order valence-corrected chi connectivity index (χ3v) is 4.09. The quantitative estimate of drug-likeness (QED) is 0.912. The maximum absolute atomic E-state index is 12.1. The van der Waals surface area contributed by atoms with Crippen LogP contribution in [0.2, 0.25) is 0 Å². The van der Waals surface area contributed by atoms with E-state index in [-0.39, 0.29) is 5.91 Å². The number of nitrogens with one attached hydrogen (secondary N) is 1. The van der Waals surface area contributed by atoms with E-state index in [0.717, 1.165) is 24.1 Å². The SMILES string of the molecule is CCCc1ccc(-c2ccc(NC(=O)[C@@H]3COCCO3)cc2)cc1. The summed E-state index contributed by atoms with van der Waals surface area (Å²) in [6, 6.07) is 16.5. The van der Waals surface area contributed by atoms with Crippen LogP contribution in [0, 0.1) is 0 Å². The topological polar surface area (TPSA) is 47.6 Å². The van der Waals surface area contributed by atoms with Crippen molar-refractivity contribution < 1.29 is 14.3 Å². The largest absolute Gasteiger partial charge is 0.376 e. The summed E-state index contributed by atoms with van der Waals surface area (Å²) in [4.78, 5) is 12.1. The Bertz CT molecular complexity index is 658. The molecule has 0 saturated carbocycles. The molecular formula is C20H23NO3. The van der Waals surface area contributed by atoms with Crippen molar-refractivity contribution in [1.29, 1.82) is 0 Å². The molecule has 0 bridgehead atoms. The molecule has 1 aliphatic heterocycles. The summed E-state index contributed by atoms with van der Waals surface area (Å²) < 4.78 is 10.7. The van der Waals surface area contributed by atoms with Crippen LogP contribution in [-0.4, -0.2) is 31.8 Å². The number of carbonyl (C=O) groups is 1. The van der Waals surface area contributed by atoms with Crippen molar-refractivity contribution in [2.75, 3.05) is 25.1 Å². The molecule has 0 radical (unpaired) electrons. The van der Waals surface area contributed by atoms with Gasteiger partial charge in [0, 0.05) is 5.69 Å². The van der Waals surface area contributed by atoms with Crippen molar-refractivity contribution in [3.05, 3.63) is 54.1 Å². The van der Waals surface area contributed by atoms with Crippen molar-refractivity contribution >= 4 is 11.6 Å². The number of aryl methyl sites for hydroxylation is 1. The zero-order valence-corrected chi connectivity index (χ0v) is 14.0. The molecule has 24 heavy (non-hydrogen) atoms. The van der Waals surface area contributed by atoms with Gasteiger partial charge in [0.1, 0.15) is 0 Å². The Balaban J connectivity index is 1.63. The molecule has 4 nitrogen and oxygen atoms in total. The van der Waals surface area contributed by atoms with Gasteiger partial charge in [0.05, 0.1) is 19.8 Å². The lowest BCUT2D eigenvalue weighted by Crippen LogP contribution is -2.39. The first-order chi connectivity index (χ1) is 11.8. The summed E-state index contributed by atoms with van der Waals surface area (Å²) in [5.41, 5.74) is 4.44. The van der Waals surface area contributed by atoms with E-state index in [2.05, 4.69) is 36.5 Å². The van der Waals surface area contributed by atoms with Crippen molar-refractivity contribution in [3.63, 3.8) is 0 Å². The van der Waals surface area contributed by atoms with Crippen LogP contribution >= 0.6 is 0 Å². The normalized spacial score (nSPS) is 17.5. The molecule has 3 rings (SSSR count). The maximum atomic E-state index is 12.1. The standard InChI is InChI=1S/C20H23NO3/c1-2-3-15-4-6-16(7-5-15)17-8-10-18(11-9-17)21-20(22)19-14-23-12-13-24-19/h4-11,19H,2-3,12-14H2,1H3,(H,21,22)/t19-/m0/s1. The predicted octanol–water partition coefficient (Wildman–Crippen LogP) is 3.66. The molecule has 126 valence electrons. The van der Waals surface area contributed by atoms with Gasteiger partial charge in [0.15, 0.2) is 6.10 Å². The summed E-state index contributed by atoms with van der Waals surface area (Å²) in [5, 5.41) is 2.87. The second kappa shape index (κ2) is 8.08. The van der Waals surface area contributed by atoms with Crippen LogP contribution in [0.3, 0.4) is 0 Å². The van der Waals surface area contributed by atoms with Crippen molar-refractivity contribution in [3.8, 4) is 11.1 Å². The fourth-order valence-electron chi connectivity index (χ4n) is 2.76. The Morgan fingerprint density at radius 3 is 2.29 bits per heavy atom. The van der Waals surface area contributed by atoms with E-state index in [9.17, 15) is 4.79 Å². The minimum Gasteiger partial charge on any atom is -0.376 e. The number of anilines is 1. The van der Waals surface area contributed by atoms with Crippen LogP contribution < -0.4 is 5.32 Å². The Hall–Kier alpha value is -2.17. The summed E-state index contributed by atoms with van der Waals surface area (Å²) >= 11 is 0. The molecule has 2 aromatic carbocycles. The molecule has 4 heteroatoms. The third-order valence-electron chi connectivity index (χ3n) is 4.09. The van der Waals surface area contributed by atoms with Crippen LogP contribution in [0.25, 0.3) is 11.1 Å². The van der Waals surface area contributed by atoms with Gasteiger partial charge in [-0.2, -0.15) is 0 Å². The Labute approximate surface area is 142 Å². The molecule has 0 spiro atoms. The summed E-state index contributed by atoms with van der Waals surface area (Å²) in [6.45, 7) is 3.51. The minimum atomic E-state index is -0.524. The predicted molar refractivity (Wildman–Crippen MR) is 95.1 cm³/mol. The van der Waals surface area contributed by atoms with E-state index < -0.39 is 6.10 Å².